The van der Waals surface area contributed by atoms with Crippen LogP contribution in [0.25, 0.3) is 0 Å². The van der Waals surface area contributed by atoms with Crippen LogP contribution < -0.4 is 10.1 Å². The van der Waals surface area contributed by atoms with Gasteiger partial charge in [-0.15, -0.1) is 0 Å². The summed E-state index contributed by atoms with van der Waals surface area (Å²) in [5.41, 5.74) is -0.242. The van der Waals surface area contributed by atoms with Crippen LogP contribution in [-0.4, -0.2) is 52.6 Å². The number of carbonyl (C=O) groups is 1. The quantitative estimate of drug-likeness (QED) is 0.735. The van der Waals surface area contributed by atoms with Crippen molar-refractivity contribution in [3.05, 3.63) is 59.9 Å². The molecule has 3 N–H and O–H groups in total. The predicted octanol–water partition coefficient (Wildman–Crippen LogP) is 1.46. The molecule has 2 heterocycles. The van der Waals surface area contributed by atoms with E-state index in [1.54, 1.807) is 26.2 Å². The number of ether oxygens (including phenoxy) is 2. The van der Waals surface area contributed by atoms with E-state index in [1.807, 2.05) is 24.3 Å². The highest BCUT2D eigenvalue weighted by Gasteiger charge is 2.47. The molecule has 1 saturated heterocycles. The topological polar surface area (TPSA) is 101 Å². The lowest BCUT2D eigenvalue weighted by molar-refractivity contribution is -0.210. The van der Waals surface area contributed by atoms with Gasteiger partial charge in [-0.05, 0) is 36.8 Å². The van der Waals surface area contributed by atoms with Gasteiger partial charge in [0, 0.05) is 30.9 Å². The van der Waals surface area contributed by atoms with Crippen molar-refractivity contribution in [3.8, 4) is 5.75 Å². The highest BCUT2D eigenvalue weighted by molar-refractivity contribution is 5.94. The first kappa shape index (κ1) is 19.3. The molecule has 0 spiro atoms. The summed E-state index contributed by atoms with van der Waals surface area (Å²) >= 11 is 0. The molecule has 0 saturated carbocycles. The number of amides is 1. The highest BCUT2D eigenvalue weighted by Crippen LogP contribution is 2.38. The molecule has 144 valence electrons. The molecule has 1 aliphatic rings. The van der Waals surface area contributed by atoms with E-state index < -0.39 is 23.9 Å². The molecule has 0 radical (unpaired) electrons. The zero-order valence-corrected chi connectivity index (χ0v) is 15.3. The Morgan fingerprint density at radius 2 is 2.11 bits per heavy atom. The largest absolute Gasteiger partial charge is 0.497 e. The molecule has 1 fully saturated rings. The lowest BCUT2D eigenvalue weighted by Gasteiger charge is -2.44. The first-order chi connectivity index (χ1) is 12.9. The number of nitrogens with zero attached hydrogens (tertiary/aromatic N) is 1. The van der Waals surface area contributed by atoms with Crippen molar-refractivity contribution in [1.29, 1.82) is 0 Å². The summed E-state index contributed by atoms with van der Waals surface area (Å²) in [6, 6.07) is 10.6. The van der Waals surface area contributed by atoms with Crippen molar-refractivity contribution >= 4 is 5.91 Å². The maximum Gasteiger partial charge on any atom is 0.251 e. The average molecular weight is 372 g/mol. The highest BCUT2D eigenvalue weighted by atomic mass is 16.5. The second-order valence-corrected chi connectivity index (χ2v) is 6.78. The predicted molar refractivity (Wildman–Crippen MR) is 98.4 cm³/mol. The molecule has 7 heteroatoms. The maximum atomic E-state index is 12.3. The van der Waals surface area contributed by atoms with Gasteiger partial charge >= 0.3 is 0 Å². The fourth-order valence-electron chi connectivity index (χ4n) is 3.31. The molecule has 0 bridgehead atoms. The summed E-state index contributed by atoms with van der Waals surface area (Å²) < 4.78 is 11.1. The van der Waals surface area contributed by atoms with Gasteiger partial charge in [0.05, 0.1) is 19.3 Å². The Morgan fingerprint density at radius 3 is 2.81 bits per heavy atom. The molecule has 4 atom stereocenters. The molecular weight excluding hydrogens is 348 g/mol. The lowest BCUT2D eigenvalue weighted by atomic mass is 9.82. The number of aromatic nitrogens is 1. The standard InChI is InChI=1S/C20H24N2O5/c1-13-18(23)20(25,12-22-19(24)14-6-8-21-9-7-14)11-17(27-13)15-4-3-5-16(10-15)26-2/h3-10,13,17-18,23,25H,11-12H2,1-2H3,(H,22,24)/t13-,17-,18-,20-/m1/s1. The number of methoxy groups -OCH3 is 1. The van der Waals surface area contributed by atoms with Crippen LogP contribution in [0.3, 0.4) is 0 Å². The molecule has 1 amide bonds. The molecule has 1 aromatic heterocycles. The normalized spacial score (nSPS) is 27.8. The minimum atomic E-state index is -1.52. The van der Waals surface area contributed by atoms with Crippen LogP contribution in [0.5, 0.6) is 5.75 Å². The molecule has 3 rings (SSSR count). The summed E-state index contributed by atoms with van der Waals surface area (Å²) in [5.74, 6) is 0.347. The van der Waals surface area contributed by atoms with Gasteiger partial charge in [-0.1, -0.05) is 12.1 Å². The number of hydrogen-bond donors (Lipinski definition) is 3. The second-order valence-electron chi connectivity index (χ2n) is 6.78. The van der Waals surface area contributed by atoms with Crippen LogP contribution in [0.4, 0.5) is 0 Å². The lowest BCUT2D eigenvalue weighted by Crippen LogP contribution is -2.59. The van der Waals surface area contributed by atoms with Gasteiger partial charge in [-0.3, -0.25) is 9.78 Å². The van der Waals surface area contributed by atoms with E-state index in [-0.39, 0.29) is 18.9 Å². The fraction of sp³-hybridized carbons (Fsp3) is 0.400. The molecule has 0 aliphatic carbocycles. The van der Waals surface area contributed by atoms with Gasteiger partial charge in [-0.25, -0.2) is 0 Å². The zero-order valence-electron chi connectivity index (χ0n) is 15.3. The third kappa shape index (κ3) is 4.27. The number of benzene rings is 1. The summed E-state index contributed by atoms with van der Waals surface area (Å²) in [5, 5.41) is 24.3. The van der Waals surface area contributed by atoms with Crippen molar-refractivity contribution in [3.63, 3.8) is 0 Å². The third-order valence-electron chi connectivity index (χ3n) is 4.88. The SMILES string of the molecule is COc1cccc([C@H]2C[C@@](O)(CNC(=O)c3ccncc3)[C@H](O)[C@@H](C)O2)c1. The molecule has 7 nitrogen and oxygen atoms in total. The molecular formula is C20H24N2O5. The van der Waals surface area contributed by atoms with Gasteiger partial charge < -0.3 is 25.0 Å². The van der Waals surface area contributed by atoms with Crippen LogP contribution >= 0.6 is 0 Å². The van der Waals surface area contributed by atoms with Crippen LogP contribution in [0, 0.1) is 0 Å². The average Bonchev–Trinajstić information content (AvgIpc) is 2.70. The number of aliphatic hydroxyl groups excluding tert-OH is 1. The van der Waals surface area contributed by atoms with E-state index in [9.17, 15) is 15.0 Å². The Bertz CT molecular complexity index is 785. The maximum absolute atomic E-state index is 12.3. The van der Waals surface area contributed by atoms with Crippen LogP contribution in [0.2, 0.25) is 0 Å². The molecule has 2 aromatic rings. The Kier molecular flexibility index (Phi) is 5.74. The number of carbonyl (C=O) groups excluding carboxylic acids is 1. The Labute approximate surface area is 158 Å². The van der Waals surface area contributed by atoms with E-state index in [0.29, 0.717) is 11.3 Å². The Balaban J connectivity index is 1.74. The van der Waals surface area contributed by atoms with Gasteiger partial charge in [0.25, 0.3) is 5.91 Å². The fourth-order valence-corrected chi connectivity index (χ4v) is 3.31. The van der Waals surface area contributed by atoms with Crippen molar-refractivity contribution < 1.29 is 24.5 Å². The summed E-state index contributed by atoms with van der Waals surface area (Å²) in [4.78, 5) is 16.1. The van der Waals surface area contributed by atoms with Crippen LogP contribution in [0.15, 0.2) is 48.8 Å². The number of hydrogen-bond acceptors (Lipinski definition) is 6. The van der Waals surface area contributed by atoms with E-state index in [4.69, 9.17) is 9.47 Å². The zero-order chi connectivity index (χ0) is 19.4. The van der Waals surface area contributed by atoms with E-state index in [2.05, 4.69) is 10.3 Å². The number of nitrogens with one attached hydrogen (secondary N) is 1. The number of pyridine rings is 1. The summed E-state index contributed by atoms with van der Waals surface area (Å²) in [6.45, 7) is 1.61. The summed E-state index contributed by atoms with van der Waals surface area (Å²) in [6.07, 6.45) is 1.03. The number of rotatable bonds is 5. The minimum absolute atomic E-state index is 0.0938. The van der Waals surface area contributed by atoms with E-state index in [0.717, 1.165) is 5.56 Å². The van der Waals surface area contributed by atoms with Crippen molar-refractivity contribution in [2.24, 2.45) is 0 Å². The molecule has 0 unspecified atom stereocenters. The van der Waals surface area contributed by atoms with Crippen molar-refractivity contribution in [2.75, 3.05) is 13.7 Å². The van der Waals surface area contributed by atoms with E-state index >= 15 is 0 Å². The van der Waals surface area contributed by atoms with E-state index in [1.165, 1.54) is 12.4 Å². The molecule has 1 aliphatic heterocycles. The smallest absolute Gasteiger partial charge is 0.251 e. The van der Waals surface area contributed by atoms with Gasteiger partial charge in [0.1, 0.15) is 17.5 Å². The summed E-state index contributed by atoms with van der Waals surface area (Å²) in [7, 11) is 1.58. The third-order valence-corrected chi connectivity index (χ3v) is 4.88. The van der Waals surface area contributed by atoms with Gasteiger partial charge in [0.15, 0.2) is 0 Å². The van der Waals surface area contributed by atoms with Crippen molar-refractivity contribution in [2.45, 2.75) is 37.3 Å². The Morgan fingerprint density at radius 1 is 1.37 bits per heavy atom. The number of aliphatic hydroxyl groups is 2. The van der Waals surface area contributed by atoms with Crippen molar-refractivity contribution in [1.82, 2.24) is 10.3 Å². The first-order valence-electron chi connectivity index (χ1n) is 8.81. The van der Waals surface area contributed by atoms with Gasteiger partial charge in [-0.2, -0.15) is 0 Å². The first-order valence-corrected chi connectivity index (χ1v) is 8.81. The van der Waals surface area contributed by atoms with Crippen LogP contribution in [-0.2, 0) is 4.74 Å². The minimum Gasteiger partial charge on any atom is -0.497 e. The van der Waals surface area contributed by atoms with Crippen LogP contribution in [0.1, 0.15) is 35.4 Å². The Hall–Kier alpha value is -2.48. The second kappa shape index (κ2) is 8.04. The monoisotopic (exact) mass is 372 g/mol. The van der Waals surface area contributed by atoms with Gasteiger partial charge in [0.2, 0.25) is 0 Å². The molecule has 27 heavy (non-hydrogen) atoms. The molecule has 1 aromatic carbocycles.